The fraction of sp³-hybridized carbons (Fsp3) is 0.500. The molecule has 1 rings (SSSR count). The number of amides is 1. The van der Waals surface area contributed by atoms with Gasteiger partial charge in [-0.1, -0.05) is 19.1 Å². The lowest BCUT2D eigenvalue weighted by atomic mass is 9.97. The molecule has 2 N–H and O–H groups in total. The van der Waals surface area contributed by atoms with Crippen molar-refractivity contribution < 1.29 is 9.53 Å². The average molecular weight is 250 g/mol. The average Bonchev–Trinajstić information content (AvgIpc) is 2.36. The van der Waals surface area contributed by atoms with E-state index in [2.05, 4.69) is 0 Å². The van der Waals surface area contributed by atoms with E-state index in [4.69, 9.17) is 10.5 Å². The van der Waals surface area contributed by atoms with Gasteiger partial charge in [-0.2, -0.15) is 0 Å². The van der Waals surface area contributed by atoms with Gasteiger partial charge in [-0.3, -0.25) is 4.79 Å². The Morgan fingerprint density at radius 1 is 1.39 bits per heavy atom. The molecule has 0 spiro atoms. The number of anilines is 1. The minimum Gasteiger partial charge on any atom is -0.399 e. The predicted molar refractivity (Wildman–Crippen MR) is 73.4 cm³/mol. The summed E-state index contributed by atoms with van der Waals surface area (Å²) < 4.78 is 4.96. The van der Waals surface area contributed by atoms with Gasteiger partial charge in [-0.05, 0) is 23.6 Å². The fourth-order valence-corrected chi connectivity index (χ4v) is 1.71. The molecule has 0 saturated heterocycles. The molecular weight excluding hydrogens is 228 g/mol. The summed E-state index contributed by atoms with van der Waals surface area (Å²) in [6, 6.07) is 7.68. The SMILES string of the molecule is COCCN(C)C(=O)CC(C)c1ccc(N)cc1. The van der Waals surface area contributed by atoms with Crippen molar-refractivity contribution in [2.45, 2.75) is 19.3 Å². The van der Waals surface area contributed by atoms with Crippen LogP contribution in [0.3, 0.4) is 0 Å². The standard InChI is InChI=1S/C14H22N2O2/c1-11(12-4-6-13(15)7-5-12)10-14(17)16(2)8-9-18-3/h4-7,11H,8-10,15H2,1-3H3. The second-order valence-electron chi connectivity index (χ2n) is 4.58. The lowest BCUT2D eigenvalue weighted by Crippen LogP contribution is -2.30. The van der Waals surface area contributed by atoms with Gasteiger partial charge in [0.15, 0.2) is 0 Å². The number of hydrogen-bond acceptors (Lipinski definition) is 3. The zero-order chi connectivity index (χ0) is 13.5. The molecule has 0 bridgehead atoms. The van der Waals surface area contributed by atoms with E-state index >= 15 is 0 Å². The number of methoxy groups -OCH3 is 1. The monoisotopic (exact) mass is 250 g/mol. The van der Waals surface area contributed by atoms with Crippen molar-refractivity contribution in [2.24, 2.45) is 0 Å². The third-order valence-electron chi connectivity index (χ3n) is 3.04. The van der Waals surface area contributed by atoms with Crippen LogP contribution in [-0.2, 0) is 9.53 Å². The smallest absolute Gasteiger partial charge is 0.222 e. The van der Waals surface area contributed by atoms with Crippen molar-refractivity contribution in [1.82, 2.24) is 4.90 Å². The molecule has 0 aromatic heterocycles. The van der Waals surface area contributed by atoms with Gasteiger partial charge < -0.3 is 15.4 Å². The van der Waals surface area contributed by atoms with Gasteiger partial charge in [-0.25, -0.2) is 0 Å². The van der Waals surface area contributed by atoms with Crippen LogP contribution in [0.4, 0.5) is 5.69 Å². The molecule has 0 aliphatic heterocycles. The Morgan fingerprint density at radius 2 is 2.00 bits per heavy atom. The first kappa shape index (κ1) is 14.5. The summed E-state index contributed by atoms with van der Waals surface area (Å²) in [6.07, 6.45) is 0.504. The molecule has 0 radical (unpaired) electrons. The Labute approximate surface area is 109 Å². The van der Waals surface area contributed by atoms with E-state index in [1.165, 1.54) is 0 Å². The molecule has 0 saturated carbocycles. The van der Waals surface area contributed by atoms with E-state index in [1.54, 1.807) is 19.1 Å². The third kappa shape index (κ3) is 4.37. The summed E-state index contributed by atoms with van der Waals surface area (Å²) in [6.45, 7) is 3.25. The van der Waals surface area contributed by atoms with Crippen molar-refractivity contribution in [3.63, 3.8) is 0 Å². The number of nitrogen functional groups attached to an aromatic ring is 1. The predicted octanol–water partition coefficient (Wildman–Crippen LogP) is 1.87. The minimum atomic E-state index is 0.136. The Kier molecular flexibility index (Phi) is 5.65. The third-order valence-corrected chi connectivity index (χ3v) is 3.04. The van der Waals surface area contributed by atoms with Crippen LogP contribution in [0.5, 0.6) is 0 Å². The number of hydrogen-bond donors (Lipinski definition) is 1. The van der Waals surface area contributed by atoms with E-state index in [1.807, 2.05) is 31.2 Å². The van der Waals surface area contributed by atoms with E-state index < -0.39 is 0 Å². The number of nitrogens with zero attached hydrogens (tertiary/aromatic N) is 1. The first-order chi connectivity index (χ1) is 8.54. The van der Waals surface area contributed by atoms with Crippen LogP contribution in [-0.4, -0.2) is 38.1 Å². The minimum absolute atomic E-state index is 0.136. The molecule has 0 heterocycles. The van der Waals surface area contributed by atoms with Gasteiger partial charge in [0.25, 0.3) is 0 Å². The van der Waals surface area contributed by atoms with Gasteiger partial charge in [0, 0.05) is 32.8 Å². The van der Waals surface area contributed by atoms with Crippen LogP contribution in [0.2, 0.25) is 0 Å². The maximum Gasteiger partial charge on any atom is 0.222 e. The van der Waals surface area contributed by atoms with Gasteiger partial charge in [0.05, 0.1) is 6.61 Å². The second kappa shape index (κ2) is 7.01. The van der Waals surface area contributed by atoms with Crippen LogP contribution in [0.25, 0.3) is 0 Å². The Hall–Kier alpha value is -1.55. The van der Waals surface area contributed by atoms with Crippen molar-refractivity contribution >= 4 is 11.6 Å². The molecule has 1 aromatic carbocycles. The molecule has 1 amide bonds. The molecule has 0 aliphatic carbocycles. The highest BCUT2D eigenvalue weighted by Gasteiger charge is 2.14. The molecular formula is C14H22N2O2. The Balaban J connectivity index is 2.51. The van der Waals surface area contributed by atoms with Gasteiger partial charge >= 0.3 is 0 Å². The largest absolute Gasteiger partial charge is 0.399 e. The Morgan fingerprint density at radius 3 is 2.56 bits per heavy atom. The summed E-state index contributed by atoms with van der Waals surface area (Å²) in [5, 5.41) is 0. The van der Waals surface area contributed by atoms with Gasteiger partial charge in [0.2, 0.25) is 5.91 Å². The van der Waals surface area contributed by atoms with Crippen molar-refractivity contribution in [1.29, 1.82) is 0 Å². The van der Waals surface area contributed by atoms with E-state index in [-0.39, 0.29) is 11.8 Å². The normalized spacial score (nSPS) is 12.2. The Bertz CT molecular complexity index is 376. The summed E-state index contributed by atoms with van der Waals surface area (Å²) >= 11 is 0. The van der Waals surface area contributed by atoms with Crippen molar-refractivity contribution in [3.8, 4) is 0 Å². The van der Waals surface area contributed by atoms with Crippen LogP contribution in [0.1, 0.15) is 24.8 Å². The van der Waals surface area contributed by atoms with Gasteiger partial charge in [0.1, 0.15) is 0 Å². The number of nitrogens with two attached hydrogens (primary N) is 1. The maximum atomic E-state index is 11.9. The molecule has 4 heteroatoms. The molecule has 18 heavy (non-hydrogen) atoms. The number of likely N-dealkylation sites (N-methyl/N-ethyl adjacent to an activating group) is 1. The van der Waals surface area contributed by atoms with Crippen molar-refractivity contribution in [3.05, 3.63) is 29.8 Å². The zero-order valence-corrected chi connectivity index (χ0v) is 11.3. The fourth-order valence-electron chi connectivity index (χ4n) is 1.71. The molecule has 1 unspecified atom stereocenters. The summed E-state index contributed by atoms with van der Waals surface area (Å²) in [5.74, 6) is 0.333. The van der Waals surface area contributed by atoms with E-state index in [9.17, 15) is 4.79 Å². The summed E-state index contributed by atoms with van der Waals surface area (Å²) in [7, 11) is 3.44. The van der Waals surface area contributed by atoms with Crippen LogP contribution < -0.4 is 5.73 Å². The molecule has 100 valence electrons. The molecule has 1 aromatic rings. The number of rotatable bonds is 6. The number of benzene rings is 1. The lowest BCUT2D eigenvalue weighted by molar-refractivity contribution is -0.130. The topological polar surface area (TPSA) is 55.6 Å². The highest BCUT2D eigenvalue weighted by atomic mass is 16.5. The molecule has 4 nitrogen and oxygen atoms in total. The second-order valence-corrected chi connectivity index (χ2v) is 4.58. The zero-order valence-electron chi connectivity index (χ0n) is 11.3. The molecule has 0 fully saturated rings. The highest BCUT2D eigenvalue weighted by Crippen LogP contribution is 2.20. The van der Waals surface area contributed by atoms with Crippen LogP contribution in [0, 0.1) is 0 Å². The number of carbonyl (C=O) groups excluding carboxylic acids is 1. The van der Waals surface area contributed by atoms with Crippen molar-refractivity contribution in [2.75, 3.05) is 33.0 Å². The number of ether oxygens (including phenoxy) is 1. The lowest BCUT2D eigenvalue weighted by Gasteiger charge is -2.19. The molecule has 0 aliphatic rings. The summed E-state index contributed by atoms with van der Waals surface area (Å²) in [5.41, 5.74) is 7.52. The maximum absolute atomic E-state index is 11.9. The first-order valence-electron chi connectivity index (χ1n) is 6.13. The summed E-state index contributed by atoms with van der Waals surface area (Å²) in [4.78, 5) is 13.7. The first-order valence-corrected chi connectivity index (χ1v) is 6.13. The quantitative estimate of drug-likeness (QED) is 0.784. The van der Waals surface area contributed by atoms with Gasteiger partial charge in [-0.15, -0.1) is 0 Å². The van der Waals surface area contributed by atoms with E-state index in [0.717, 1.165) is 11.3 Å². The van der Waals surface area contributed by atoms with Crippen LogP contribution in [0.15, 0.2) is 24.3 Å². The van der Waals surface area contributed by atoms with Crippen LogP contribution >= 0.6 is 0 Å². The number of carbonyl (C=O) groups is 1. The highest BCUT2D eigenvalue weighted by molar-refractivity contribution is 5.76. The molecule has 1 atom stereocenters. The van der Waals surface area contributed by atoms with E-state index in [0.29, 0.717) is 19.6 Å².